The summed E-state index contributed by atoms with van der Waals surface area (Å²) in [6.45, 7) is 0. The molecule has 1 saturated carbocycles. The van der Waals surface area contributed by atoms with Crippen LogP contribution < -0.4 is 0 Å². The quantitative estimate of drug-likeness (QED) is 0.481. The normalized spacial score (nSPS) is 45.0. The van der Waals surface area contributed by atoms with E-state index in [9.17, 15) is 0 Å². The van der Waals surface area contributed by atoms with Crippen molar-refractivity contribution in [1.29, 1.82) is 0 Å². The fourth-order valence-corrected chi connectivity index (χ4v) is 2.73. The highest BCUT2D eigenvalue weighted by Crippen LogP contribution is 2.46. The van der Waals surface area contributed by atoms with Gasteiger partial charge in [0.25, 0.3) is 0 Å². The first-order valence-electron chi connectivity index (χ1n) is 3.54. The summed E-state index contributed by atoms with van der Waals surface area (Å²) in [6, 6.07) is 0. The Kier molecular flexibility index (Phi) is 1.25. The zero-order chi connectivity index (χ0) is 5.40. The van der Waals surface area contributed by atoms with Gasteiger partial charge in [0, 0.05) is 0 Å². The van der Waals surface area contributed by atoms with Crippen molar-refractivity contribution in [3.05, 3.63) is 0 Å². The topological polar surface area (TPSA) is 0 Å². The maximum absolute atomic E-state index is 2.15. The van der Waals surface area contributed by atoms with Gasteiger partial charge in [0.05, 0.1) is 0 Å². The van der Waals surface area contributed by atoms with Crippen LogP contribution in [0.3, 0.4) is 0 Å². The molecule has 0 nitrogen and oxygen atoms in total. The van der Waals surface area contributed by atoms with Crippen LogP contribution in [-0.2, 0) is 0 Å². The molecular weight excluding hydrogens is 116 g/mol. The van der Waals surface area contributed by atoms with Gasteiger partial charge in [0.15, 0.2) is 0 Å². The summed E-state index contributed by atoms with van der Waals surface area (Å²) < 4.78 is 0. The molecule has 2 rings (SSSR count). The van der Waals surface area contributed by atoms with E-state index in [1.54, 1.807) is 6.42 Å². The third-order valence-corrected chi connectivity index (χ3v) is 3.38. The van der Waals surface area contributed by atoms with Crippen molar-refractivity contribution in [2.75, 3.05) is 11.5 Å². The van der Waals surface area contributed by atoms with Crippen LogP contribution in [0.25, 0.3) is 0 Å². The van der Waals surface area contributed by atoms with Crippen LogP contribution in [-0.4, -0.2) is 11.5 Å². The lowest BCUT2D eigenvalue weighted by molar-refractivity contribution is 0.685. The summed E-state index contributed by atoms with van der Waals surface area (Å²) in [5.41, 5.74) is 0. The van der Waals surface area contributed by atoms with E-state index in [0.717, 1.165) is 0 Å². The first kappa shape index (κ1) is 5.16. The predicted octanol–water partition coefficient (Wildman–Crippen LogP) is 2.15. The van der Waals surface area contributed by atoms with Crippen LogP contribution in [0.2, 0.25) is 0 Å². The number of rotatable bonds is 0. The van der Waals surface area contributed by atoms with E-state index in [0.29, 0.717) is 0 Å². The summed E-state index contributed by atoms with van der Waals surface area (Å²) in [5, 5.41) is 0. The standard InChI is InChI=1S/C7H12S/c1-3-8-4-2-7-5-6(1)7/h6-7H,1-5H2/t6-,7-/m1/s1. The first-order chi connectivity index (χ1) is 3.97. The van der Waals surface area contributed by atoms with Gasteiger partial charge in [0.2, 0.25) is 0 Å². The average molecular weight is 128 g/mol. The SMILES string of the molecule is C1C[C@@H]2C[C@H]2CCS1. The Morgan fingerprint density at radius 2 is 1.62 bits per heavy atom. The molecule has 0 aromatic rings. The third-order valence-electron chi connectivity index (χ3n) is 2.33. The van der Waals surface area contributed by atoms with Crippen LogP contribution in [0.5, 0.6) is 0 Å². The van der Waals surface area contributed by atoms with E-state index in [4.69, 9.17) is 0 Å². The van der Waals surface area contributed by atoms with Crippen LogP contribution in [0, 0.1) is 11.8 Å². The molecule has 0 N–H and O–H groups in total. The Hall–Kier alpha value is 0.350. The van der Waals surface area contributed by atoms with Gasteiger partial charge < -0.3 is 0 Å². The first-order valence-corrected chi connectivity index (χ1v) is 4.70. The minimum Gasteiger partial charge on any atom is -0.162 e. The number of hydrogen-bond donors (Lipinski definition) is 0. The minimum atomic E-state index is 1.17. The van der Waals surface area contributed by atoms with E-state index in [-0.39, 0.29) is 0 Å². The van der Waals surface area contributed by atoms with Crippen molar-refractivity contribution in [1.82, 2.24) is 0 Å². The van der Waals surface area contributed by atoms with Crippen LogP contribution in [0.1, 0.15) is 19.3 Å². The lowest BCUT2D eigenvalue weighted by atomic mass is 10.2. The second kappa shape index (κ2) is 1.94. The molecule has 1 heterocycles. The highest BCUT2D eigenvalue weighted by Gasteiger charge is 2.36. The van der Waals surface area contributed by atoms with Gasteiger partial charge in [-0.05, 0) is 42.6 Å². The Morgan fingerprint density at radius 1 is 1.00 bits per heavy atom. The molecule has 0 amide bonds. The highest BCUT2D eigenvalue weighted by atomic mass is 32.2. The van der Waals surface area contributed by atoms with Crippen molar-refractivity contribution < 1.29 is 0 Å². The fourth-order valence-electron chi connectivity index (χ4n) is 1.59. The molecular formula is C7H12S. The summed E-state index contributed by atoms with van der Waals surface area (Å²) >= 11 is 2.15. The van der Waals surface area contributed by atoms with Crippen LogP contribution >= 0.6 is 11.8 Å². The Balaban J connectivity index is 1.89. The number of hydrogen-bond acceptors (Lipinski definition) is 1. The van der Waals surface area contributed by atoms with Crippen molar-refractivity contribution in [3.63, 3.8) is 0 Å². The molecule has 2 aliphatic rings. The van der Waals surface area contributed by atoms with Gasteiger partial charge in [-0.25, -0.2) is 0 Å². The van der Waals surface area contributed by atoms with Crippen molar-refractivity contribution in [2.45, 2.75) is 19.3 Å². The summed E-state index contributed by atoms with van der Waals surface area (Å²) in [7, 11) is 0. The van der Waals surface area contributed by atoms with Crippen LogP contribution in [0.15, 0.2) is 0 Å². The van der Waals surface area contributed by atoms with E-state index < -0.39 is 0 Å². The second-order valence-corrected chi connectivity index (χ2v) is 4.17. The Morgan fingerprint density at radius 3 is 2.25 bits per heavy atom. The second-order valence-electron chi connectivity index (χ2n) is 2.95. The molecule has 1 heteroatoms. The van der Waals surface area contributed by atoms with Gasteiger partial charge >= 0.3 is 0 Å². The lowest BCUT2D eigenvalue weighted by Crippen LogP contribution is -1.78. The molecule has 2 fully saturated rings. The number of fused-ring (bicyclic) bond motifs is 1. The number of thioether (sulfide) groups is 1. The van der Waals surface area contributed by atoms with E-state index in [2.05, 4.69) is 11.8 Å². The smallest absolute Gasteiger partial charge is 0.00648 e. The Labute approximate surface area is 55.0 Å². The molecule has 1 aliphatic carbocycles. The van der Waals surface area contributed by atoms with Gasteiger partial charge in [-0.1, -0.05) is 0 Å². The highest BCUT2D eigenvalue weighted by molar-refractivity contribution is 7.99. The molecule has 1 saturated heterocycles. The molecule has 0 unspecified atom stereocenters. The molecule has 0 bridgehead atoms. The molecule has 1 aliphatic heterocycles. The van der Waals surface area contributed by atoms with E-state index in [1.165, 1.54) is 36.2 Å². The van der Waals surface area contributed by atoms with Gasteiger partial charge in [-0.15, -0.1) is 0 Å². The maximum atomic E-state index is 2.15. The van der Waals surface area contributed by atoms with Crippen LogP contribution in [0.4, 0.5) is 0 Å². The molecule has 0 spiro atoms. The fraction of sp³-hybridized carbons (Fsp3) is 1.00. The van der Waals surface area contributed by atoms with Gasteiger partial charge in [0.1, 0.15) is 0 Å². The molecule has 0 aromatic carbocycles. The molecule has 46 valence electrons. The summed E-state index contributed by atoms with van der Waals surface area (Å²) in [6.07, 6.45) is 4.62. The average Bonchev–Trinajstić information content (AvgIpc) is 2.36. The third kappa shape index (κ3) is 0.883. The largest absolute Gasteiger partial charge is 0.162 e. The zero-order valence-electron chi connectivity index (χ0n) is 5.10. The zero-order valence-corrected chi connectivity index (χ0v) is 5.91. The van der Waals surface area contributed by atoms with Crippen molar-refractivity contribution >= 4 is 11.8 Å². The summed E-state index contributed by atoms with van der Waals surface area (Å²) in [5.74, 6) is 5.23. The molecule has 8 heavy (non-hydrogen) atoms. The summed E-state index contributed by atoms with van der Waals surface area (Å²) in [4.78, 5) is 0. The van der Waals surface area contributed by atoms with Gasteiger partial charge in [-0.2, -0.15) is 11.8 Å². The maximum Gasteiger partial charge on any atom is -0.00648 e. The minimum absolute atomic E-state index is 1.17. The Bertz CT molecular complexity index is 80.4. The molecule has 0 radical (unpaired) electrons. The van der Waals surface area contributed by atoms with E-state index in [1.807, 2.05) is 0 Å². The molecule has 2 atom stereocenters. The van der Waals surface area contributed by atoms with Gasteiger partial charge in [-0.3, -0.25) is 0 Å². The monoisotopic (exact) mass is 128 g/mol. The van der Waals surface area contributed by atoms with Crippen molar-refractivity contribution in [2.24, 2.45) is 11.8 Å². The van der Waals surface area contributed by atoms with Crippen molar-refractivity contribution in [3.8, 4) is 0 Å². The molecule has 0 aromatic heterocycles. The lowest BCUT2D eigenvalue weighted by Gasteiger charge is -1.91. The van der Waals surface area contributed by atoms with E-state index >= 15 is 0 Å². The predicted molar refractivity (Wildman–Crippen MR) is 38.2 cm³/mol.